The van der Waals surface area contributed by atoms with Crippen LogP contribution in [0.2, 0.25) is 0 Å². The molecule has 34 heavy (non-hydrogen) atoms. The van der Waals surface area contributed by atoms with Crippen molar-refractivity contribution in [3.8, 4) is 35.0 Å². The Kier molecular flexibility index (Phi) is 5.84. The number of carbonyl (C=O) groups is 1. The molecule has 1 amide bonds. The third-order valence-electron chi connectivity index (χ3n) is 4.44. The first kappa shape index (κ1) is 22.6. The molecule has 2 aromatic carbocycles. The summed E-state index contributed by atoms with van der Waals surface area (Å²) >= 11 is 0. The molecular formula is C21H16F3N5O5. The van der Waals surface area contributed by atoms with Gasteiger partial charge < -0.3 is 30.0 Å². The Hall–Kier alpha value is -4.55. The second-order valence-corrected chi connectivity index (χ2v) is 6.87. The summed E-state index contributed by atoms with van der Waals surface area (Å²) in [6.45, 7) is -0.347. The van der Waals surface area contributed by atoms with Gasteiger partial charge in [-0.1, -0.05) is 6.07 Å². The minimum absolute atomic E-state index is 0.0140. The Bertz CT molecular complexity index is 1280. The quantitative estimate of drug-likeness (QED) is 0.362. The lowest BCUT2D eigenvalue weighted by molar-refractivity contribution is -0.137. The summed E-state index contributed by atoms with van der Waals surface area (Å²) < 4.78 is 60.7. The number of fused-ring (bicyclic) bond motifs is 1. The van der Waals surface area contributed by atoms with Crippen LogP contribution >= 0.6 is 0 Å². The molecule has 3 aromatic rings. The molecule has 4 rings (SSSR count). The highest BCUT2D eigenvalue weighted by atomic mass is 19.4. The molecule has 176 valence electrons. The number of alkyl halides is 3. The highest BCUT2D eigenvalue weighted by molar-refractivity contribution is 5.97. The number of amidine groups is 1. The van der Waals surface area contributed by atoms with Gasteiger partial charge in [-0.3, -0.25) is 10.2 Å². The maximum atomic E-state index is 13.0. The molecule has 0 fully saturated rings. The fraction of sp³-hybridized carbons (Fsp3) is 0.143. The molecule has 0 unspecified atom stereocenters. The predicted octanol–water partition coefficient (Wildman–Crippen LogP) is 3.70. The monoisotopic (exact) mass is 475 g/mol. The number of nitrogens with two attached hydrogens (primary N) is 1. The van der Waals surface area contributed by atoms with Crippen molar-refractivity contribution in [3.05, 3.63) is 53.6 Å². The average Bonchev–Trinajstić information content (AvgIpc) is 2.79. The van der Waals surface area contributed by atoms with Crippen LogP contribution in [0.4, 0.5) is 18.9 Å². The summed E-state index contributed by atoms with van der Waals surface area (Å²) in [6.07, 6.45) is -4.57. The molecule has 0 radical (unpaired) electrons. The summed E-state index contributed by atoms with van der Waals surface area (Å²) in [4.78, 5) is 19.9. The zero-order valence-corrected chi connectivity index (χ0v) is 17.4. The number of nitrogen functional groups attached to an aromatic ring is 1. The van der Waals surface area contributed by atoms with E-state index in [4.69, 9.17) is 30.1 Å². The topological polar surface area (TPSA) is 142 Å². The molecule has 0 aliphatic carbocycles. The number of hydrogen-bond acceptors (Lipinski definition) is 8. The van der Waals surface area contributed by atoms with E-state index in [1.165, 1.54) is 37.4 Å². The van der Waals surface area contributed by atoms with Crippen LogP contribution in [-0.2, 0) is 11.0 Å². The molecule has 10 nitrogen and oxygen atoms in total. The van der Waals surface area contributed by atoms with Crippen LogP contribution in [0.3, 0.4) is 0 Å². The first-order valence-corrected chi connectivity index (χ1v) is 9.53. The Balaban J connectivity index is 1.73. The van der Waals surface area contributed by atoms with E-state index in [9.17, 15) is 18.0 Å². The number of methoxy groups -OCH3 is 1. The van der Waals surface area contributed by atoms with E-state index >= 15 is 0 Å². The highest BCUT2D eigenvalue weighted by Crippen LogP contribution is 2.40. The second-order valence-electron chi connectivity index (χ2n) is 6.87. The molecule has 2 heterocycles. The molecule has 0 spiro atoms. The number of amides is 1. The number of benzene rings is 2. The van der Waals surface area contributed by atoms with E-state index in [-0.39, 0.29) is 53.0 Å². The van der Waals surface area contributed by atoms with Gasteiger partial charge in [0.2, 0.25) is 5.88 Å². The van der Waals surface area contributed by atoms with E-state index in [1.807, 2.05) is 0 Å². The van der Waals surface area contributed by atoms with Crippen LogP contribution in [0, 0.1) is 5.41 Å². The number of halogens is 3. The van der Waals surface area contributed by atoms with Gasteiger partial charge in [0, 0.05) is 11.6 Å². The second kappa shape index (κ2) is 8.77. The summed E-state index contributed by atoms with van der Waals surface area (Å²) in [5.74, 6) is -0.798. The van der Waals surface area contributed by atoms with Crippen LogP contribution in [0.25, 0.3) is 0 Å². The fourth-order valence-electron chi connectivity index (χ4n) is 2.90. The molecule has 0 saturated heterocycles. The summed E-state index contributed by atoms with van der Waals surface area (Å²) in [5.41, 5.74) is 4.91. The fourth-order valence-corrected chi connectivity index (χ4v) is 2.90. The number of anilines is 1. The normalized spacial score (nSPS) is 12.8. The van der Waals surface area contributed by atoms with Crippen molar-refractivity contribution in [3.63, 3.8) is 0 Å². The lowest BCUT2D eigenvalue weighted by Gasteiger charge is -2.20. The molecule has 1 aliphatic rings. The molecule has 0 atom stereocenters. The highest BCUT2D eigenvalue weighted by Gasteiger charge is 2.31. The van der Waals surface area contributed by atoms with Crippen molar-refractivity contribution in [2.24, 2.45) is 5.73 Å². The average molecular weight is 475 g/mol. The lowest BCUT2D eigenvalue weighted by atomic mass is 10.2. The van der Waals surface area contributed by atoms with Crippen LogP contribution in [0.5, 0.6) is 35.0 Å². The van der Waals surface area contributed by atoms with Crippen molar-refractivity contribution in [2.45, 2.75) is 6.18 Å². The van der Waals surface area contributed by atoms with E-state index < -0.39 is 17.6 Å². The van der Waals surface area contributed by atoms with Gasteiger partial charge >= 0.3 is 12.2 Å². The number of rotatable bonds is 6. The molecule has 0 bridgehead atoms. The Morgan fingerprint density at radius 2 is 1.88 bits per heavy atom. The Morgan fingerprint density at radius 3 is 2.59 bits per heavy atom. The lowest BCUT2D eigenvalue weighted by Crippen LogP contribution is -2.26. The summed E-state index contributed by atoms with van der Waals surface area (Å²) in [5, 5.41) is 10.2. The summed E-state index contributed by atoms with van der Waals surface area (Å²) in [7, 11) is 1.41. The standard InChI is InChI=1S/C21H16F3N5O5/c1-31-13-5-10(17(25)26)6-14(8-13)33-19-16-18(32-9-15(30)27-16)28-20(29-19)34-12-4-2-3-11(7-12)21(22,23)24/h2-8H,9H2,1H3,(H3,25,26)(H,27,30). The van der Waals surface area contributed by atoms with Crippen molar-refractivity contribution in [1.82, 2.24) is 9.97 Å². The molecule has 0 saturated carbocycles. The zero-order valence-electron chi connectivity index (χ0n) is 17.4. The van der Waals surface area contributed by atoms with Crippen LogP contribution < -0.4 is 30.0 Å². The van der Waals surface area contributed by atoms with Gasteiger partial charge in [-0.15, -0.1) is 0 Å². The van der Waals surface area contributed by atoms with Gasteiger partial charge in [-0.25, -0.2) is 0 Å². The maximum Gasteiger partial charge on any atom is 0.416 e. The molecule has 13 heteroatoms. The van der Waals surface area contributed by atoms with Crippen molar-refractivity contribution >= 4 is 17.4 Å². The van der Waals surface area contributed by atoms with Crippen molar-refractivity contribution in [1.29, 1.82) is 5.41 Å². The number of hydrogen-bond donors (Lipinski definition) is 3. The predicted molar refractivity (Wildman–Crippen MR) is 112 cm³/mol. The first-order valence-electron chi connectivity index (χ1n) is 9.53. The van der Waals surface area contributed by atoms with Crippen LogP contribution in [0.1, 0.15) is 11.1 Å². The van der Waals surface area contributed by atoms with Gasteiger partial charge in [0.1, 0.15) is 23.1 Å². The van der Waals surface area contributed by atoms with E-state index in [0.29, 0.717) is 5.75 Å². The Labute approximate surface area is 189 Å². The number of nitrogens with zero attached hydrogens (tertiary/aromatic N) is 2. The molecule has 1 aromatic heterocycles. The van der Waals surface area contributed by atoms with Crippen molar-refractivity contribution < 1.29 is 36.9 Å². The van der Waals surface area contributed by atoms with E-state index in [1.54, 1.807) is 0 Å². The zero-order chi connectivity index (χ0) is 24.5. The van der Waals surface area contributed by atoms with Gasteiger partial charge in [0.05, 0.1) is 12.7 Å². The van der Waals surface area contributed by atoms with Crippen LogP contribution in [-0.4, -0.2) is 35.4 Å². The largest absolute Gasteiger partial charge is 0.497 e. The van der Waals surface area contributed by atoms with Gasteiger partial charge in [-0.05, 0) is 30.3 Å². The molecule has 1 aliphatic heterocycles. The van der Waals surface area contributed by atoms with E-state index in [2.05, 4.69) is 15.3 Å². The first-order chi connectivity index (χ1) is 16.1. The van der Waals surface area contributed by atoms with Crippen LogP contribution in [0.15, 0.2) is 42.5 Å². The van der Waals surface area contributed by atoms with Gasteiger partial charge in [0.15, 0.2) is 12.3 Å². The SMILES string of the molecule is COc1cc(Oc2nc(Oc3cccc(C(F)(F)F)c3)nc3c2NC(=O)CO3)cc(C(=N)N)c1. The Morgan fingerprint density at radius 1 is 1.12 bits per heavy atom. The maximum absolute atomic E-state index is 13.0. The number of carbonyl (C=O) groups excluding carboxylic acids is 1. The summed E-state index contributed by atoms with van der Waals surface area (Å²) in [6, 6.07) is 8.16. The van der Waals surface area contributed by atoms with Gasteiger partial charge in [-0.2, -0.15) is 23.1 Å². The number of ether oxygens (including phenoxy) is 4. The minimum atomic E-state index is -4.57. The van der Waals surface area contributed by atoms with Crippen molar-refractivity contribution in [2.75, 3.05) is 19.0 Å². The smallest absolute Gasteiger partial charge is 0.416 e. The van der Waals surface area contributed by atoms with E-state index in [0.717, 1.165) is 12.1 Å². The third kappa shape index (κ3) is 4.92. The molecular weight excluding hydrogens is 459 g/mol. The van der Waals surface area contributed by atoms with Gasteiger partial charge in [0.25, 0.3) is 11.8 Å². The molecule has 4 N–H and O–H groups in total. The number of aromatic nitrogens is 2. The minimum Gasteiger partial charge on any atom is -0.497 e. The third-order valence-corrected chi connectivity index (χ3v) is 4.44. The number of nitrogens with one attached hydrogen (secondary N) is 2.